The zero-order valence-electron chi connectivity index (χ0n) is 21.3. The summed E-state index contributed by atoms with van der Waals surface area (Å²) < 4.78 is 10.9. The highest BCUT2D eigenvalue weighted by molar-refractivity contribution is 5.88. The van der Waals surface area contributed by atoms with Crippen molar-refractivity contribution >= 4 is 11.8 Å². The number of benzene rings is 2. The molecule has 4 rings (SSSR count). The molecule has 188 valence electrons. The Balaban J connectivity index is 1.43. The summed E-state index contributed by atoms with van der Waals surface area (Å²) in [5.74, 6) is 2.03. The average Bonchev–Trinajstić information content (AvgIpc) is 2.87. The monoisotopic (exact) mass is 479 g/mol. The number of piperazine rings is 1. The maximum atomic E-state index is 13.7. The van der Waals surface area contributed by atoms with Crippen molar-refractivity contribution in [2.75, 3.05) is 40.4 Å². The SMILES string of the molecule is COc1ccc(OC)c(CN2CCN(C(=O)C3Cc4ccccc4CN3C(=O)CC(C)C)CC2)c1. The molecule has 0 saturated carbocycles. The Kier molecular flexibility index (Phi) is 7.96. The number of hydrogen-bond donors (Lipinski definition) is 0. The number of carbonyl (C=O) groups excluding carboxylic acids is 2. The van der Waals surface area contributed by atoms with Crippen molar-refractivity contribution in [3.63, 3.8) is 0 Å². The van der Waals surface area contributed by atoms with Crippen LogP contribution in [0.3, 0.4) is 0 Å². The van der Waals surface area contributed by atoms with E-state index in [-0.39, 0.29) is 17.7 Å². The highest BCUT2D eigenvalue weighted by atomic mass is 16.5. The van der Waals surface area contributed by atoms with E-state index in [1.807, 2.05) is 54.0 Å². The van der Waals surface area contributed by atoms with Crippen LogP contribution in [0.25, 0.3) is 0 Å². The summed E-state index contributed by atoms with van der Waals surface area (Å²) in [7, 11) is 3.34. The molecule has 1 fully saturated rings. The van der Waals surface area contributed by atoms with Gasteiger partial charge in [-0.1, -0.05) is 38.1 Å². The highest BCUT2D eigenvalue weighted by Crippen LogP contribution is 2.28. The van der Waals surface area contributed by atoms with Crippen molar-refractivity contribution in [3.8, 4) is 11.5 Å². The Morgan fingerprint density at radius 2 is 1.69 bits per heavy atom. The van der Waals surface area contributed by atoms with Crippen LogP contribution in [-0.2, 0) is 29.1 Å². The van der Waals surface area contributed by atoms with Crippen LogP contribution < -0.4 is 9.47 Å². The van der Waals surface area contributed by atoms with Crippen molar-refractivity contribution in [1.82, 2.24) is 14.7 Å². The van der Waals surface area contributed by atoms with Crippen molar-refractivity contribution in [1.29, 1.82) is 0 Å². The molecule has 2 aromatic rings. The van der Waals surface area contributed by atoms with Crippen LogP contribution in [0.2, 0.25) is 0 Å². The van der Waals surface area contributed by atoms with Crippen LogP contribution in [0, 0.1) is 5.92 Å². The van der Waals surface area contributed by atoms with Gasteiger partial charge in [-0.05, 0) is 35.2 Å². The normalized spacial score (nSPS) is 18.4. The summed E-state index contributed by atoms with van der Waals surface area (Å²) in [5, 5.41) is 0. The summed E-state index contributed by atoms with van der Waals surface area (Å²) in [4.78, 5) is 32.9. The van der Waals surface area contributed by atoms with Gasteiger partial charge in [-0.3, -0.25) is 14.5 Å². The molecule has 7 heteroatoms. The second kappa shape index (κ2) is 11.1. The fourth-order valence-corrected chi connectivity index (χ4v) is 5.06. The number of hydrogen-bond acceptors (Lipinski definition) is 5. The Morgan fingerprint density at radius 1 is 0.971 bits per heavy atom. The lowest BCUT2D eigenvalue weighted by Gasteiger charge is -2.41. The second-order valence-electron chi connectivity index (χ2n) is 9.89. The summed E-state index contributed by atoms with van der Waals surface area (Å²) in [6.07, 6.45) is 1.04. The first kappa shape index (κ1) is 25.0. The third-order valence-electron chi connectivity index (χ3n) is 7.00. The van der Waals surface area contributed by atoms with Crippen LogP contribution in [-0.4, -0.2) is 73.0 Å². The largest absolute Gasteiger partial charge is 0.497 e. The lowest BCUT2D eigenvalue weighted by molar-refractivity contribution is -0.148. The van der Waals surface area contributed by atoms with Gasteiger partial charge in [-0.2, -0.15) is 0 Å². The van der Waals surface area contributed by atoms with E-state index in [1.54, 1.807) is 14.2 Å². The molecule has 0 bridgehead atoms. The molecule has 2 aliphatic rings. The first-order valence-electron chi connectivity index (χ1n) is 12.5. The topological polar surface area (TPSA) is 62.3 Å². The number of methoxy groups -OCH3 is 2. The summed E-state index contributed by atoms with van der Waals surface area (Å²) in [5.41, 5.74) is 3.38. The van der Waals surface area contributed by atoms with E-state index in [9.17, 15) is 9.59 Å². The molecule has 35 heavy (non-hydrogen) atoms. The molecule has 0 aliphatic carbocycles. The number of fused-ring (bicyclic) bond motifs is 1. The Hall–Kier alpha value is -3.06. The molecule has 1 unspecified atom stereocenters. The molecule has 2 aliphatic heterocycles. The molecule has 2 aromatic carbocycles. The molecule has 0 radical (unpaired) electrons. The number of amides is 2. The van der Waals surface area contributed by atoms with E-state index in [2.05, 4.69) is 17.0 Å². The summed E-state index contributed by atoms with van der Waals surface area (Å²) >= 11 is 0. The maximum Gasteiger partial charge on any atom is 0.245 e. The standard InChI is InChI=1S/C28H37N3O4/c1-20(2)15-27(32)31-19-22-8-6-5-7-21(22)17-25(31)28(33)30-13-11-29(12-14-30)18-23-16-24(34-3)9-10-26(23)35-4/h5-10,16,20,25H,11-15,17-19H2,1-4H3. The van der Waals surface area contributed by atoms with Crippen LogP contribution in [0.1, 0.15) is 37.0 Å². The molecule has 2 heterocycles. The molecule has 1 atom stereocenters. The molecule has 7 nitrogen and oxygen atoms in total. The minimum Gasteiger partial charge on any atom is -0.497 e. The molecular formula is C28H37N3O4. The average molecular weight is 480 g/mol. The minimum atomic E-state index is -0.429. The number of ether oxygens (including phenoxy) is 2. The van der Waals surface area contributed by atoms with Crippen molar-refractivity contribution in [2.24, 2.45) is 5.92 Å². The van der Waals surface area contributed by atoms with E-state index in [0.29, 0.717) is 32.5 Å². The van der Waals surface area contributed by atoms with E-state index >= 15 is 0 Å². The van der Waals surface area contributed by atoms with E-state index in [1.165, 1.54) is 5.56 Å². The van der Waals surface area contributed by atoms with E-state index < -0.39 is 6.04 Å². The zero-order chi connectivity index (χ0) is 24.9. The lowest BCUT2D eigenvalue weighted by atomic mass is 9.92. The van der Waals surface area contributed by atoms with Crippen molar-refractivity contribution in [2.45, 2.75) is 45.8 Å². The first-order chi connectivity index (χ1) is 16.9. The van der Waals surface area contributed by atoms with Gasteiger partial charge in [0.15, 0.2) is 0 Å². The lowest BCUT2D eigenvalue weighted by Crippen LogP contribution is -2.57. The van der Waals surface area contributed by atoms with Crippen molar-refractivity contribution < 1.29 is 19.1 Å². The van der Waals surface area contributed by atoms with Gasteiger partial charge in [-0.15, -0.1) is 0 Å². The third-order valence-corrected chi connectivity index (χ3v) is 7.00. The van der Waals surface area contributed by atoms with Gasteiger partial charge in [0.2, 0.25) is 11.8 Å². The van der Waals surface area contributed by atoms with Gasteiger partial charge >= 0.3 is 0 Å². The molecule has 0 N–H and O–H groups in total. The van der Waals surface area contributed by atoms with Crippen LogP contribution in [0.5, 0.6) is 11.5 Å². The molecule has 2 amide bonds. The fourth-order valence-electron chi connectivity index (χ4n) is 5.06. The first-order valence-corrected chi connectivity index (χ1v) is 12.5. The number of rotatable bonds is 7. The van der Waals surface area contributed by atoms with Gasteiger partial charge in [-0.25, -0.2) is 0 Å². The van der Waals surface area contributed by atoms with Gasteiger partial charge in [0.1, 0.15) is 17.5 Å². The van der Waals surface area contributed by atoms with Crippen LogP contribution in [0.15, 0.2) is 42.5 Å². The molecule has 0 aromatic heterocycles. The quantitative estimate of drug-likeness (QED) is 0.610. The predicted octanol–water partition coefficient (Wildman–Crippen LogP) is 3.35. The maximum absolute atomic E-state index is 13.7. The fraction of sp³-hybridized carbons (Fsp3) is 0.500. The van der Waals surface area contributed by atoms with Crippen molar-refractivity contribution in [3.05, 3.63) is 59.2 Å². The zero-order valence-corrected chi connectivity index (χ0v) is 21.3. The summed E-state index contributed by atoms with van der Waals surface area (Å²) in [6.45, 7) is 8.17. The van der Waals surface area contributed by atoms with E-state index in [0.717, 1.165) is 42.3 Å². The van der Waals surface area contributed by atoms with E-state index in [4.69, 9.17) is 9.47 Å². The third kappa shape index (κ3) is 5.78. The smallest absolute Gasteiger partial charge is 0.245 e. The second-order valence-corrected chi connectivity index (χ2v) is 9.89. The molecular weight excluding hydrogens is 442 g/mol. The molecule has 1 saturated heterocycles. The predicted molar refractivity (Wildman–Crippen MR) is 135 cm³/mol. The van der Waals surface area contributed by atoms with Gasteiger partial charge in [0, 0.05) is 57.7 Å². The Morgan fingerprint density at radius 3 is 2.34 bits per heavy atom. The summed E-state index contributed by atoms with van der Waals surface area (Å²) in [6, 6.07) is 13.6. The van der Waals surface area contributed by atoms with Gasteiger partial charge in [0.25, 0.3) is 0 Å². The minimum absolute atomic E-state index is 0.0650. The number of carbonyl (C=O) groups is 2. The Bertz CT molecular complexity index is 1050. The van der Waals surface area contributed by atoms with Gasteiger partial charge < -0.3 is 19.3 Å². The molecule has 0 spiro atoms. The van der Waals surface area contributed by atoms with Gasteiger partial charge in [0.05, 0.1) is 14.2 Å². The van der Waals surface area contributed by atoms with Crippen LogP contribution in [0.4, 0.5) is 0 Å². The number of nitrogens with zero attached hydrogens (tertiary/aromatic N) is 3. The highest BCUT2D eigenvalue weighted by Gasteiger charge is 2.37. The van der Waals surface area contributed by atoms with Crippen LogP contribution >= 0.6 is 0 Å². The Labute approximate surface area is 208 Å².